The van der Waals surface area contributed by atoms with Crippen molar-refractivity contribution in [3.8, 4) is 0 Å². The van der Waals surface area contributed by atoms with Crippen molar-refractivity contribution < 1.29 is 4.74 Å². The van der Waals surface area contributed by atoms with Gasteiger partial charge >= 0.3 is 0 Å². The lowest BCUT2D eigenvalue weighted by atomic mass is 9.69. The van der Waals surface area contributed by atoms with Crippen molar-refractivity contribution in [3.63, 3.8) is 0 Å². The van der Waals surface area contributed by atoms with Crippen LogP contribution in [0.3, 0.4) is 0 Å². The van der Waals surface area contributed by atoms with Gasteiger partial charge in [-0.05, 0) is 44.1 Å². The highest BCUT2D eigenvalue weighted by molar-refractivity contribution is 4.98. The Morgan fingerprint density at radius 3 is 2.56 bits per heavy atom. The molecule has 0 spiro atoms. The van der Waals surface area contributed by atoms with E-state index >= 15 is 0 Å². The number of hydrogen-bond acceptors (Lipinski definition) is 2. The molecule has 0 aromatic rings. The van der Waals surface area contributed by atoms with Crippen molar-refractivity contribution in [2.45, 2.75) is 57.9 Å². The second-order valence-electron chi connectivity index (χ2n) is 5.82. The molecule has 2 nitrogen and oxygen atoms in total. The summed E-state index contributed by atoms with van der Waals surface area (Å²) in [5, 5.41) is 3.91. The van der Waals surface area contributed by atoms with Crippen LogP contribution in [0.15, 0.2) is 0 Å². The average molecular weight is 225 g/mol. The van der Waals surface area contributed by atoms with Crippen LogP contribution in [0, 0.1) is 11.8 Å². The zero-order valence-electron chi connectivity index (χ0n) is 10.9. The molecule has 2 aliphatic rings. The van der Waals surface area contributed by atoms with Gasteiger partial charge in [0.2, 0.25) is 0 Å². The minimum atomic E-state index is 0.403. The van der Waals surface area contributed by atoms with Gasteiger partial charge in [-0.2, -0.15) is 0 Å². The highest BCUT2D eigenvalue weighted by Gasteiger charge is 2.41. The third-order valence-electron chi connectivity index (χ3n) is 4.70. The lowest BCUT2D eigenvalue weighted by Crippen LogP contribution is -2.56. The highest BCUT2D eigenvalue weighted by atomic mass is 16.5. The van der Waals surface area contributed by atoms with Crippen molar-refractivity contribution in [1.29, 1.82) is 0 Å². The van der Waals surface area contributed by atoms with Crippen molar-refractivity contribution in [2.24, 2.45) is 11.8 Å². The molecule has 2 heteroatoms. The van der Waals surface area contributed by atoms with E-state index in [2.05, 4.69) is 19.2 Å². The van der Waals surface area contributed by atoms with E-state index < -0.39 is 0 Å². The minimum absolute atomic E-state index is 0.403. The molecular formula is C14H27NO. The maximum absolute atomic E-state index is 5.52. The molecule has 0 aliphatic carbocycles. The minimum Gasteiger partial charge on any atom is -0.381 e. The van der Waals surface area contributed by atoms with E-state index in [9.17, 15) is 0 Å². The second kappa shape index (κ2) is 5.50. The van der Waals surface area contributed by atoms with Gasteiger partial charge in [0.25, 0.3) is 0 Å². The van der Waals surface area contributed by atoms with Gasteiger partial charge in [0, 0.05) is 18.8 Å². The number of nitrogens with one attached hydrogen (secondary N) is 1. The van der Waals surface area contributed by atoms with Crippen molar-refractivity contribution in [2.75, 3.05) is 19.8 Å². The highest BCUT2D eigenvalue weighted by Crippen LogP contribution is 2.38. The van der Waals surface area contributed by atoms with Gasteiger partial charge in [0.05, 0.1) is 0 Å². The summed E-state index contributed by atoms with van der Waals surface area (Å²) in [6, 6.07) is 0. The van der Waals surface area contributed by atoms with Crippen LogP contribution >= 0.6 is 0 Å². The monoisotopic (exact) mass is 225 g/mol. The molecule has 2 fully saturated rings. The lowest BCUT2D eigenvalue weighted by molar-refractivity contribution is 0.0105. The summed E-state index contributed by atoms with van der Waals surface area (Å²) >= 11 is 0. The first-order chi connectivity index (χ1) is 7.76. The van der Waals surface area contributed by atoms with Gasteiger partial charge in [-0.25, -0.2) is 0 Å². The van der Waals surface area contributed by atoms with Crippen molar-refractivity contribution in [1.82, 2.24) is 5.32 Å². The molecular weight excluding hydrogens is 198 g/mol. The second-order valence-corrected chi connectivity index (χ2v) is 5.82. The fraction of sp³-hybridized carbons (Fsp3) is 1.00. The first-order valence-corrected chi connectivity index (χ1v) is 7.08. The van der Waals surface area contributed by atoms with Crippen molar-refractivity contribution in [3.05, 3.63) is 0 Å². The van der Waals surface area contributed by atoms with Gasteiger partial charge in [0.15, 0.2) is 0 Å². The number of ether oxygens (including phenoxy) is 1. The third kappa shape index (κ3) is 2.43. The molecule has 0 aromatic heterocycles. The Labute approximate surface area is 100 Å². The Morgan fingerprint density at radius 1 is 1.12 bits per heavy atom. The van der Waals surface area contributed by atoms with Crippen LogP contribution < -0.4 is 5.32 Å². The zero-order chi connectivity index (χ0) is 11.4. The molecule has 1 atom stereocenters. The van der Waals surface area contributed by atoms with Crippen LogP contribution in [0.4, 0.5) is 0 Å². The van der Waals surface area contributed by atoms with Crippen LogP contribution in [-0.2, 0) is 4.74 Å². The van der Waals surface area contributed by atoms with E-state index in [0.717, 1.165) is 25.0 Å². The van der Waals surface area contributed by atoms with E-state index in [1.54, 1.807) is 0 Å². The molecule has 0 amide bonds. The maximum atomic E-state index is 5.52. The molecule has 2 saturated heterocycles. The molecule has 0 saturated carbocycles. The van der Waals surface area contributed by atoms with E-state index in [-0.39, 0.29) is 0 Å². The van der Waals surface area contributed by atoms with Crippen LogP contribution in [-0.4, -0.2) is 25.3 Å². The van der Waals surface area contributed by atoms with Crippen LogP contribution in [0.25, 0.3) is 0 Å². The summed E-state index contributed by atoms with van der Waals surface area (Å²) in [5.41, 5.74) is 0.403. The average Bonchev–Trinajstić information content (AvgIpc) is 2.56. The predicted molar refractivity (Wildman–Crippen MR) is 67.6 cm³/mol. The van der Waals surface area contributed by atoms with Gasteiger partial charge in [-0.1, -0.05) is 26.7 Å². The Bertz CT molecular complexity index is 201. The molecule has 2 aliphatic heterocycles. The Balaban J connectivity index is 2.11. The molecule has 2 rings (SSSR count). The van der Waals surface area contributed by atoms with Crippen LogP contribution in [0.5, 0.6) is 0 Å². The number of hydrogen-bond donors (Lipinski definition) is 1. The van der Waals surface area contributed by atoms with Crippen LogP contribution in [0.2, 0.25) is 0 Å². The molecule has 94 valence electrons. The summed E-state index contributed by atoms with van der Waals surface area (Å²) < 4.78 is 5.52. The molecule has 1 unspecified atom stereocenters. The van der Waals surface area contributed by atoms with Gasteiger partial charge < -0.3 is 10.1 Å². The van der Waals surface area contributed by atoms with Crippen molar-refractivity contribution >= 4 is 0 Å². The molecule has 16 heavy (non-hydrogen) atoms. The van der Waals surface area contributed by atoms with E-state index in [0.29, 0.717) is 5.54 Å². The first-order valence-electron chi connectivity index (χ1n) is 7.08. The zero-order valence-corrected chi connectivity index (χ0v) is 10.9. The number of rotatable bonds is 2. The molecule has 2 heterocycles. The summed E-state index contributed by atoms with van der Waals surface area (Å²) in [6.07, 6.45) is 8.05. The van der Waals surface area contributed by atoms with E-state index in [1.807, 2.05) is 0 Å². The molecule has 1 N–H and O–H groups in total. The standard InChI is InChI=1S/C14H27NO/c1-12(2)14(8-4-3-5-9-15-14)13-6-10-16-11-7-13/h12-13,15H,3-11H2,1-2H3. The summed E-state index contributed by atoms with van der Waals surface area (Å²) in [7, 11) is 0. The van der Waals surface area contributed by atoms with E-state index in [4.69, 9.17) is 4.74 Å². The maximum Gasteiger partial charge on any atom is 0.0469 e. The normalized spacial score (nSPS) is 33.9. The molecule has 0 radical (unpaired) electrons. The predicted octanol–water partition coefficient (Wildman–Crippen LogP) is 2.97. The van der Waals surface area contributed by atoms with E-state index in [1.165, 1.54) is 45.1 Å². The Hall–Kier alpha value is -0.0800. The smallest absolute Gasteiger partial charge is 0.0469 e. The fourth-order valence-corrected chi connectivity index (χ4v) is 3.65. The summed E-state index contributed by atoms with van der Waals surface area (Å²) in [4.78, 5) is 0. The topological polar surface area (TPSA) is 21.3 Å². The van der Waals surface area contributed by atoms with Gasteiger partial charge in [-0.3, -0.25) is 0 Å². The molecule has 0 aromatic carbocycles. The SMILES string of the molecule is CC(C)C1(C2CCOCC2)CCCCCN1. The molecule has 0 bridgehead atoms. The third-order valence-corrected chi connectivity index (χ3v) is 4.70. The van der Waals surface area contributed by atoms with Crippen LogP contribution in [0.1, 0.15) is 52.4 Å². The van der Waals surface area contributed by atoms with Gasteiger partial charge in [-0.15, -0.1) is 0 Å². The lowest BCUT2D eigenvalue weighted by Gasteiger charge is -2.46. The Morgan fingerprint density at radius 2 is 1.88 bits per heavy atom. The Kier molecular flexibility index (Phi) is 4.26. The summed E-state index contributed by atoms with van der Waals surface area (Å²) in [5.74, 6) is 1.58. The quantitative estimate of drug-likeness (QED) is 0.780. The first kappa shape index (κ1) is 12.4. The summed E-state index contributed by atoms with van der Waals surface area (Å²) in [6.45, 7) is 7.96. The fourth-order valence-electron chi connectivity index (χ4n) is 3.65. The van der Waals surface area contributed by atoms with Gasteiger partial charge in [0.1, 0.15) is 0 Å². The largest absolute Gasteiger partial charge is 0.381 e.